The molecule has 0 bridgehead atoms. The maximum Gasteiger partial charge on any atom is 0.413 e. The first kappa shape index (κ1) is 21.5. The lowest BCUT2D eigenvalue weighted by molar-refractivity contribution is -0.117. The van der Waals surface area contributed by atoms with Gasteiger partial charge in [-0.05, 0) is 49.4 Å². The van der Waals surface area contributed by atoms with Crippen LogP contribution in [0.4, 0.5) is 16.4 Å². The number of methoxy groups -OCH3 is 1. The Balaban J connectivity index is 0.00000280. The number of nitrogens with zero attached hydrogens (tertiary/aromatic N) is 1. The predicted octanol–water partition coefficient (Wildman–Crippen LogP) is 3.60. The van der Waals surface area contributed by atoms with Crippen LogP contribution in [0.1, 0.15) is 6.92 Å². The molecular weight excluding hydrogens is 402 g/mol. The number of aromatic amines is 1. The molecule has 0 fully saturated rings. The van der Waals surface area contributed by atoms with Gasteiger partial charge in [-0.15, -0.1) is 12.4 Å². The van der Waals surface area contributed by atoms with Gasteiger partial charge in [-0.25, -0.2) is 9.78 Å². The third kappa shape index (κ3) is 5.38. The van der Waals surface area contributed by atoms with Crippen LogP contribution in [0, 0.1) is 0 Å². The predicted molar refractivity (Wildman–Crippen MR) is 112 cm³/mol. The first-order chi connectivity index (χ1) is 12.9. The highest BCUT2D eigenvalue weighted by Gasteiger charge is 2.09. The Bertz CT molecular complexity index is 975. The molecule has 0 radical (unpaired) electrons. The Morgan fingerprint density at radius 3 is 2.46 bits per heavy atom. The second-order valence-corrected chi connectivity index (χ2v) is 6.93. The summed E-state index contributed by atoms with van der Waals surface area (Å²) in [6.07, 6.45) is -0.583. The SMILES string of the molecule is COC(=O)Nc1nc2ccc(Sc3ccc(NC(=O)C(C)N)cc3)cc2[nH]1.Cl. The van der Waals surface area contributed by atoms with Crippen molar-refractivity contribution in [2.45, 2.75) is 22.8 Å². The summed E-state index contributed by atoms with van der Waals surface area (Å²) in [7, 11) is 1.29. The molecule has 28 heavy (non-hydrogen) atoms. The molecule has 5 N–H and O–H groups in total. The lowest BCUT2D eigenvalue weighted by Gasteiger charge is -2.08. The van der Waals surface area contributed by atoms with Crippen LogP contribution in [0.15, 0.2) is 52.3 Å². The van der Waals surface area contributed by atoms with E-state index in [1.807, 2.05) is 42.5 Å². The number of benzene rings is 2. The molecule has 3 aromatic rings. The number of ether oxygens (including phenoxy) is 1. The number of halogens is 1. The third-order valence-electron chi connectivity index (χ3n) is 3.63. The van der Waals surface area contributed by atoms with Gasteiger partial charge in [0.15, 0.2) is 0 Å². The highest BCUT2D eigenvalue weighted by Crippen LogP contribution is 2.30. The number of fused-ring (bicyclic) bond motifs is 1. The molecule has 0 spiro atoms. The molecule has 2 aromatic carbocycles. The van der Waals surface area contributed by atoms with Gasteiger partial charge in [0.05, 0.1) is 24.2 Å². The molecule has 3 rings (SSSR count). The fourth-order valence-electron chi connectivity index (χ4n) is 2.26. The third-order valence-corrected chi connectivity index (χ3v) is 4.63. The minimum absolute atomic E-state index is 0. The molecule has 0 saturated heterocycles. The number of H-pyrrole nitrogens is 1. The fourth-order valence-corrected chi connectivity index (χ4v) is 3.11. The average molecular weight is 422 g/mol. The molecule has 1 atom stereocenters. The molecule has 0 aliphatic rings. The van der Waals surface area contributed by atoms with E-state index < -0.39 is 12.1 Å². The normalized spacial score (nSPS) is 11.4. The molecule has 10 heteroatoms. The Morgan fingerprint density at radius 2 is 1.82 bits per heavy atom. The summed E-state index contributed by atoms with van der Waals surface area (Å²) in [6.45, 7) is 1.64. The van der Waals surface area contributed by atoms with E-state index in [4.69, 9.17) is 5.73 Å². The van der Waals surface area contributed by atoms with Crippen LogP contribution in [0.3, 0.4) is 0 Å². The van der Waals surface area contributed by atoms with Crippen LogP contribution in [0.5, 0.6) is 0 Å². The monoisotopic (exact) mass is 421 g/mol. The van der Waals surface area contributed by atoms with Gasteiger partial charge in [-0.3, -0.25) is 10.1 Å². The average Bonchev–Trinajstić information content (AvgIpc) is 3.04. The van der Waals surface area contributed by atoms with E-state index in [9.17, 15) is 9.59 Å². The van der Waals surface area contributed by atoms with Crippen LogP contribution in [-0.2, 0) is 9.53 Å². The van der Waals surface area contributed by atoms with Crippen molar-refractivity contribution in [3.8, 4) is 0 Å². The number of hydrogen-bond acceptors (Lipinski definition) is 6. The number of nitrogens with one attached hydrogen (secondary N) is 3. The first-order valence-corrected chi connectivity index (χ1v) is 8.95. The van der Waals surface area contributed by atoms with Crippen LogP contribution >= 0.6 is 24.2 Å². The topological polar surface area (TPSA) is 122 Å². The molecule has 1 unspecified atom stereocenters. The number of amides is 2. The molecule has 2 amide bonds. The number of rotatable bonds is 5. The van der Waals surface area contributed by atoms with Crippen LogP contribution in [-0.4, -0.2) is 35.1 Å². The van der Waals surface area contributed by atoms with Crippen molar-refractivity contribution in [1.29, 1.82) is 0 Å². The standard InChI is InChI=1S/C18H19N5O3S.ClH/c1-10(19)16(24)20-11-3-5-12(6-4-11)27-13-7-8-14-15(9-13)22-17(21-14)23-18(25)26-2;/h3-10H,19H2,1-2H3,(H,20,24)(H2,21,22,23,25);1H. The van der Waals surface area contributed by atoms with Gasteiger partial charge in [-0.1, -0.05) is 11.8 Å². The second kappa shape index (κ2) is 9.45. The Morgan fingerprint density at radius 1 is 1.14 bits per heavy atom. The Hall–Kier alpha value is -2.75. The number of carbonyl (C=O) groups is 2. The summed E-state index contributed by atoms with van der Waals surface area (Å²) >= 11 is 1.57. The minimum atomic E-state index is -0.583. The van der Waals surface area contributed by atoms with E-state index in [0.717, 1.165) is 20.8 Å². The van der Waals surface area contributed by atoms with Crippen LogP contribution < -0.4 is 16.4 Å². The summed E-state index contributed by atoms with van der Waals surface area (Å²) < 4.78 is 4.55. The quantitative estimate of drug-likeness (QED) is 0.499. The smallest absolute Gasteiger partial charge is 0.413 e. The lowest BCUT2D eigenvalue weighted by Crippen LogP contribution is -2.32. The van der Waals surface area contributed by atoms with Crippen molar-refractivity contribution in [3.63, 3.8) is 0 Å². The van der Waals surface area contributed by atoms with Crippen molar-refractivity contribution in [3.05, 3.63) is 42.5 Å². The molecule has 1 heterocycles. The number of hydrogen-bond donors (Lipinski definition) is 4. The summed E-state index contributed by atoms with van der Waals surface area (Å²) in [5.41, 5.74) is 7.78. The largest absolute Gasteiger partial charge is 0.453 e. The number of nitrogens with two attached hydrogens (primary N) is 1. The van der Waals surface area contributed by atoms with Gasteiger partial charge < -0.3 is 20.8 Å². The number of anilines is 2. The maximum atomic E-state index is 11.6. The van der Waals surface area contributed by atoms with Crippen molar-refractivity contribution in [2.75, 3.05) is 17.7 Å². The molecular formula is C18H20ClN5O3S. The zero-order valence-corrected chi connectivity index (χ0v) is 16.8. The number of aromatic nitrogens is 2. The maximum absolute atomic E-state index is 11.6. The van der Waals surface area contributed by atoms with Crippen molar-refractivity contribution in [1.82, 2.24) is 9.97 Å². The Kier molecular flexibility index (Phi) is 7.27. The Labute approximate surface area is 172 Å². The number of imidazole rings is 1. The zero-order valence-electron chi connectivity index (χ0n) is 15.2. The summed E-state index contributed by atoms with van der Waals surface area (Å²) in [5.74, 6) is 0.102. The summed E-state index contributed by atoms with van der Waals surface area (Å²) in [5, 5.41) is 5.25. The summed E-state index contributed by atoms with van der Waals surface area (Å²) in [6, 6.07) is 12.7. The van der Waals surface area contributed by atoms with E-state index in [0.29, 0.717) is 11.6 Å². The van der Waals surface area contributed by atoms with Gasteiger partial charge in [-0.2, -0.15) is 0 Å². The van der Waals surface area contributed by atoms with E-state index in [2.05, 4.69) is 25.3 Å². The number of carbonyl (C=O) groups excluding carboxylic acids is 2. The van der Waals surface area contributed by atoms with Crippen molar-refractivity contribution < 1.29 is 14.3 Å². The van der Waals surface area contributed by atoms with Gasteiger partial charge in [0.1, 0.15) is 0 Å². The zero-order chi connectivity index (χ0) is 19.4. The first-order valence-electron chi connectivity index (χ1n) is 8.13. The van der Waals surface area contributed by atoms with E-state index in [1.165, 1.54) is 7.11 Å². The van der Waals surface area contributed by atoms with Gasteiger partial charge >= 0.3 is 6.09 Å². The molecule has 8 nitrogen and oxygen atoms in total. The fraction of sp³-hybridized carbons (Fsp3) is 0.167. The van der Waals surface area contributed by atoms with Crippen LogP contribution in [0.25, 0.3) is 11.0 Å². The lowest BCUT2D eigenvalue weighted by atomic mass is 10.3. The molecule has 0 aliphatic carbocycles. The molecule has 1 aromatic heterocycles. The molecule has 0 saturated carbocycles. The minimum Gasteiger partial charge on any atom is -0.453 e. The van der Waals surface area contributed by atoms with Gasteiger partial charge in [0, 0.05) is 15.5 Å². The second-order valence-electron chi connectivity index (χ2n) is 5.79. The van der Waals surface area contributed by atoms with Gasteiger partial charge in [0.2, 0.25) is 11.9 Å². The van der Waals surface area contributed by atoms with E-state index in [1.54, 1.807) is 18.7 Å². The van der Waals surface area contributed by atoms with Crippen LogP contribution in [0.2, 0.25) is 0 Å². The summed E-state index contributed by atoms with van der Waals surface area (Å²) in [4.78, 5) is 32.2. The van der Waals surface area contributed by atoms with Gasteiger partial charge in [0.25, 0.3) is 0 Å². The molecule has 148 valence electrons. The highest BCUT2D eigenvalue weighted by molar-refractivity contribution is 7.99. The van der Waals surface area contributed by atoms with Crippen molar-refractivity contribution in [2.24, 2.45) is 5.73 Å². The van der Waals surface area contributed by atoms with E-state index in [-0.39, 0.29) is 18.3 Å². The van der Waals surface area contributed by atoms with Crippen molar-refractivity contribution >= 4 is 58.8 Å². The molecule has 0 aliphatic heterocycles. The highest BCUT2D eigenvalue weighted by atomic mass is 35.5. The van der Waals surface area contributed by atoms with E-state index >= 15 is 0 Å².